The number of nitrogens with one attached hydrogen (secondary N) is 2. The van der Waals surface area contributed by atoms with Crippen molar-refractivity contribution in [2.45, 2.75) is 13.0 Å². The van der Waals surface area contributed by atoms with Crippen LogP contribution in [0.1, 0.15) is 17.5 Å². The third-order valence-electron chi connectivity index (χ3n) is 2.52. The number of hydrogen-bond acceptors (Lipinski definition) is 4. The Hall–Kier alpha value is -1.44. The van der Waals surface area contributed by atoms with Crippen molar-refractivity contribution in [1.82, 2.24) is 4.72 Å². The molecule has 0 aliphatic heterocycles. The Morgan fingerprint density at radius 1 is 1.37 bits per heavy atom. The number of amidine groups is 1. The van der Waals surface area contributed by atoms with Gasteiger partial charge in [0.1, 0.15) is 5.84 Å². The van der Waals surface area contributed by atoms with Crippen LogP contribution in [-0.4, -0.2) is 33.7 Å². The fourth-order valence-electron chi connectivity index (χ4n) is 1.46. The van der Waals surface area contributed by atoms with E-state index < -0.39 is 10.0 Å². The fourth-order valence-corrected chi connectivity index (χ4v) is 2.49. The van der Waals surface area contributed by atoms with Crippen LogP contribution in [0.2, 0.25) is 0 Å². The van der Waals surface area contributed by atoms with Crippen molar-refractivity contribution in [2.24, 2.45) is 5.73 Å². The van der Waals surface area contributed by atoms with Crippen molar-refractivity contribution in [3.8, 4) is 0 Å². The summed E-state index contributed by atoms with van der Waals surface area (Å²) in [6.45, 7) is 0.654. The molecule has 0 aliphatic rings. The highest BCUT2D eigenvalue weighted by molar-refractivity contribution is 7.89. The van der Waals surface area contributed by atoms with Crippen LogP contribution in [0.4, 0.5) is 0 Å². The average molecular weight is 285 g/mol. The minimum absolute atomic E-state index is 0.00769. The molecule has 0 spiro atoms. The lowest BCUT2D eigenvalue weighted by Gasteiger charge is -2.07. The topological polar surface area (TPSA) is 105 Å². The van der Waals surface area contributed by atoms with E-state index in [0.29, 0.717) is 18.6 Å². The maximum Gasteiger partial charge on any atom is 0.211 e. The minimum atomic E-state index is -3.28. The Bertz CT molecular complexity index is 512. The van der Waals surface area contributed by atoms with Crippen LogP contribution in [-0.2, 0) is 21.3 Å². The number of hydrogen-bond donors (Lipinski definition) is 3. The van der Waals surface area contributed by atoms with Gasteiger partial charge in [0.05, 0.1) is 5.75 Å². The van der Waals surface area contributed by atoms with Crippen LogP contribution < -0.4 is 10.5 Å². The van der Waals surface area contributed by atoms with Crippen molar-refractivity contribution in [1.29, 1.82) is 5.41 Å². The van der Waals surface area contributed by atoms with Crippen molar-refractivity contribution in [3.63, 3.8) is 0 Å². The summed E-state index contributed by atoms with van der Waals surface area (Å²) in [6, 6.07) is 6.87. The van der Waals surface area contributed by atoms with Gasteiger partial charge in [-0.25, -0.2) is 13.1 Å². The Morgan fingerprint density at radius 3 is 2.53 bits per heavy atom. The molecule has 0 radical (unpaired) electrons. The highest BCUT2D eigenvalue weighted by atomic mass is 32.2. The zero-order chi connectivity index (χ0) is 14.3. The van der Waals surface area contributed by atoms with Crippen LogP contribution in [0.3, 0.4) is 0 Å². The highest BCUT2D eigenvalue weighted by Gasteiger charge is 2.09. The Morgan fingerprint density at radius 2 is 2.00 bits per heavy atom. The molecule has 1 aromatic rings. The second kappa shape index (κ2) is 7.22. The molecule has 0 heterocycles. The molecule has 0 fully saturated rings. The fraction of sp³-hybridized carbons (Fsp3) is 0.417. The maximum absolute atomic E-state index is 11.6. The SMILES string of the molecule is COCCCS(=O)(=O)NCc1ccc(C(=N)N)cc1. The summed E-state index contributed by atoms with van der Waals surface area (Å²) in [5.74, 6) is 0.0403. The molecule has 0 aromatic heterocycles. The normalized spacial score (nSPS) is 11.4. The van der Waals surface area contributed by atoms with Crippen molar-refractivity contribution in [3.05, 3.63) is 35.4 Å². The van der Waals surface area contributed by atoms with Crippen LogP contribution >= 0.6 is 0 Å². The lowest BCUT2D eigenvalue weighted by atomic mass is 10.1. The Labute approximate surface area is 113 Å². The van der Waals surface area contributed by atoms with Crippen LogP contribution in [0, 0.1) is 5.41 Å². The van der Waals surface area contributed by atoms with Gasteiger partial charge in [0.15, 0.2) is 0 Å². The molecule has 4 N–H and O–H groups in total. The van der Waals surface area contributed by atoms with Crippen LogP contribution in [0.25, 0.3) is 0 Å². The van der Waals surface area contributed by atoms with Crippen molar-refractivity contribution < 1.29 is 13.2 Å². The Balaban J connectivity index is 2.49. The zero-order valence-corrected chi connectivity index (χ0v) is 11.7. The number of sulfonamides is 1. The van der Waals surface area contributed by atoms with E-state index in [9.17, 15) is 8.42 Å². The molecule has 0 bridgehead atoms. The zero-order valence-electron chi connectivity index (χ0n) is 10.8. The van der Waals surface area contributed by atoms with E-state index in [-0.39, 0.29) is 18.1 Å². The van der Waals surface area contributed by atoms with Crippen molar-refractivity contribution >= 4 is 15.9 Å². The van der Waals surface area contributed by atoms with Gasteiger partial charge in [0.2, 0.25) is 10.0 Å². The second-order valence-electron chi connectivity index (χ2n) is 4.10. The van der Waals surface area contributed by atoms with E-state index in [1.807, 2.05) is 0 Å². The summed E-state index contributed by atoms with van der Waals surface area (Å²) >= 11 is 0. The monoisotopic (exact) mass is 285 g/mol. The lowest BCUT2D eigenvalue weighted by Crippen LogP contribution is -2.26. The average Bonchev–Trinajstić information content (AvgIpc) is 2.37. The summed E-state index contributed by atoms with van der Waals surface area (Å²) in [4.78, 5) is 0. The second-order valence-corrected chi connectivity index (χ2v) is 6.02. The maximum atomic E-state index is 11.6. The Kier molecular flexibility index (Phi) is 5.94. The number of nitrogens with two attached hydrogens (primary N) is 1. The number of nitrogen functional groups attached to an aromatic ring is 1. The third kappa shape index (κ3) is 5.82. The van der Waals surface area contributed by atoms with Gasteiger partial charge in [0.25, 0.3) is 0 Å². The smallest absolute Gasteiger partial charge is 0.211 e. The standard InChI is InChI=1S/C12H19N3O3S/c1-18-7-2-8-19(16,17)15-9-10-3-5-11(6-4-10)12(13)14/h3-6,15H,2,7-9H2,1H3,(H3,13,14). The van der Waals surface area contributed by atoms with E-state index in [4.69, 9.17) is 15.9 Å². The molecule has 6 nitrogen and oxygen atoms in total. The molecule has 0 amide bonds. The minimum Gasteiger partial charge on any atom is -0.385 e. The van der Waals surface area contributed by atoms with Crippen LogP contribution in [0.5, 0.6) is 0 Å². The molecule has 19 heavy (non-hydrogen) atoms. The largest absolute Gasteiger partial charge is 0.385 e. The summed E-state index contributed by atoms with van der Waals surface area (Å²) in [6.07, 6.45) is 0.467. The summed E-state index contributed by atoms with van der Waals surface area (Å²) in [5.41, 5.74) is 6.77. The van der Waals surface area contributed by atoms with Gasteiger partial charge in [-0.2, -0.15) is 0 Å². The number of ether oxygens (including phenoxy) is 1. The van der Waals surface area contributed by atoms with Gasteiger partial charge in [-0.05, 0) is 12.0 Å². The first-order valence-corrected chi connectivity index (χ1v) is 7.49. The lowest BCUT2D eigenvalue weighted by molar-refractivity contribution is 0.199. The van der Waals surface area contributed by atoms with E-state index in [0.717, 1.165) is 5.56 Å². The van der Waals surface area contributed by atoms with Gasteiger partial charge < -0.3 is 10.5 Å². The molecule has 0 saturated carbocycles. The molecule has 1 aromatic carbocycles. The molecular formula is C12H19N3O3S. The molecule has 0 atom stereocenters. The summed E-state index contributed by atoms with van der Waals surface area (Å²) in [7, 11) is -1.74. The van der Waals surface area contributed by atoms with Gasteiger partial charge >= 0.3 is 0 Å². The number of methoxy groups -OCH3 is 1. The first-order chi connectivity index (χ1) is 8.94. The van der Waals surface area contributed by atoms with E-state index in [2.05, 4.69) is 4.72 Å². The molecule has 1 rings (SSSR count). The molecular weight excluding hydrogens is 266 g/mol. The van der Waals surface area contributed by atoms with Crippen LogP contribution in [0.15, 0.2) is 24.3 Å². The highest BCUT2D eigenvalue weighted by Crippen LogP contribution is 2.04. The number of rotatable bonds is 8. The van der Waals surface area contributed by atoms with E-state index in [1.165, 1.54) is 7.11 Å². The van der Waals surface area contributed by atoms with Gasteiger partial charge in [0, 0.05) is 25.8 Å². The summed E-state index contributed by atoms with van der Waals surface area (Å²) < 4.78 is 30.6. The molecule has 0 saturated heterocycles. The first-order valence-electron chi connectivity index (χ1n) is 5.84. The van der Waals surface area contributed by atoms with E-state index in [1.54, 1.807) is 24.3 Å². The van der Waals surface area contributed by atoms with E-state index >= 15 is 0 Å². The molecule has 0 unspecified atom stereocenters. The van der Waals surface area contributed by atoms with Gasteiger partial charge in [-0.3, -0.25) is 5.41 Å². The molecule has 7 heteroatoms. The number of benzene rings is 1. The third-order valence-corrected chi connectivity index (χ3v) is 3.93. The van der Waals surface area contributed by atoms with Gasteiger partial charge in [-0.1, -0.05) is 24.3 Å². The molecule has 0 aliphatic carbocycles. The molecule has 106 valence electrons. The first kappa shape index (κ1) is 15.6. The summed E-state index contributed by atoms with van der Waals surface area (Å²) in [5, 5.41) is 7.26. The predicted molar refractivity (Wildman–Crippen MR) is 74.6 cm³/mol. The van der Waals surface area contributed by atoms with Crippen molar-refractivity contribution in [2.75, 3.05) is 19.5 Å². The quantitative estimate of drug-likeness (QED) is 0.366. The van der Waals surface area contributed by atoms with Gasteiger partial charge in [-0.15, -0.1) is 0 Å². The predicted octanol–water partition coefficient (Wildman–Crippen LogP) is 0.427.